The Hall–Kier alpha value is -2.45. The average Bonchev–Trinajstić information content (AvgIpc) is 2.95. The van der Waals surface area contributed by atoms with Gasteiger partial charge in [-0.05, 0) is 30.4 Å². The molecule has 0 saturated heterocycles. The van der Waals surface area contributed by atoms with Crippen LogP contribution in [0.1, 0.15) is 5.76 Å². The summed E-state index contributed by atoms with van der Waals surface area (Å²) in [5, 5.41) is 17.9. The number of nitrogens with zero attached hydrogens (tertiary/aromatic N) is 2. The SMILES string of the molecule is CNC(=S)N/N=C\c1ccc(-c2ccc([N+](=O)[O-])cc2Cl)o1. The van der Waals surface area contributed by atoms with Gasteiger partial charge in [0, 0.05) is 24.7 Å². The first kappa shape index (κ1) is 15.9. The van der Waals surface area contributed by atoms with Crippen molar-refractivity contribution in [2.75, 3.05) is 7.05 Å². The number of hydrogen-bond acceptors (Lipinski definition) is 5. The van der Waals surface area contributed by atoms with Gasteiger partial charge < -0.3 is 9.73 Å². The van der Waals surface area contributed by atoms with Crippen LogP contribution in [0.25, 0.3) is 11.3 Å². The monoisotopic (exact) mass is 338 g/mol. The van der Waals surface area contributed by atoms with Gasteiger partial charge in [0.15, 0.2) is 5.11 Å². The second-order valence-electron chi connectivity index (χ2n) is 4.07. The maximum Gasteiger partial charge on any atom is 0.270 e. The lowest BCUT2D eigenvalue weighted by atomic mass is 10.1. The zero-order valence-corrected chi connectivity index (χ0v) is 12.9. The van der Waals surface area contributed by atoms with Crippen molar-refractivity contribution < 1.29 is 9.34 Å². The molecule has 114 valence electrons. The Labute approximate surface area is 136 Å². The van der Waals surface area contributed by atoms with Crippen molar-refractivity contribution in [3.63, 3.8) is 0 Å². The summed E-state index contributed by atoms with van der Waals surface area (Å²) in [5.41, 5.74) is 3.07. The van der Waals surface area contributed by atoms with E-state index in [0.29, 0.717) is 22.2 Å². The van der Waals surface area contributed by atoms with Gasteiger partial charge in [-0.25, -0.2) is 0 Å². The number of thiocarbonyl (C=S) groups is 1. The Morgan fingerprint density at radius 1 is 1.45 bits per heavy atom. The minimum Gasteiger partial charge on any atom is -0.455 e. The highest BCUT2D eigenvalue weighted by molar-refractivity contribution is 7.80. The summed E-state index contributed by atoms with van der Waals surface area (Å²) in [6.07, 6.45) is 1.45. The van der Waals surface area contributed by atoms with Crippen molar-refractivity contribution in [1.29, 1.82) is 0 Å². The van der Waals surface area contributed by atoms with E-state index >= 15 is 0 Å². The highest BCUT2D eigenvalue weighted by Gasteiger charge is 2.13. The Balaban J connectivity index is 2.18. The molecule has 1 aromatic carbocycles. The molecule has 0 saturated carbocycles. The summed E-state index contributed by atoms with van der Waals surface area (Å²) in [4.78, 5) is 10.2. The molecule has 9 heteroatoms. The van der Waals surface area contributed by atoms with Crippen molar-refractivity contribution in [3.8, 4) is 11.3 Å². The Morgan fingerprint density at radius 2 is 2.23 bits per heavy atom. The van der Waals surface area contributed by atoms with Gasteiger partial charge in [-0.2, -0.15) is 5.10 Å². The lowest BCUT2D eigenvalue weighted by molar-refractivity contribution is -0.384. The number of benzene rings is 1. The van der Waals surface area contributed by atoms with Crippen LogP contribution in [0.3, 0.4) is 0 Å². The first-order chi connectivity index (χ1) is 10.5. The predicted octanol–water partition coefficient (Wildman–Crippen LogP) is 2.94. The molecule has 1 heterocycles. The summed E-state index contributed by atoms with van der Waals surface area (Å²) in [6.45, 7) is 0. The quantitative estimate of drug-likeness (QED) is 0.385. The highest BCUT2D eigenvalue weighted by Crippen LogP contribution is 2.31. The molecule has 0 atom stereocenters. The van der Waals surface area contributed by atoms with E-state index in [0.717, 1.165) is 0 Å². The molecule has 0 bridgehead atoms. The third kappa shape index (κ3) is 3.80. The van der Waals surface area contributed by atoms with E-state index in [1.54, 1.807) is 19.2 Å². The van der Waals surface area contributed by atoms with Crippen LogP contribution in [0.5, 0.6) is 0 Å². The maximum absolute atomic E-state index is 10.7. The van der Waals surface area contributed by atoms with Crippen molar-refractivity contribution >= 4 is 40.8 Å². The van der Waals surface area contributed by atoms with E-state index < -0.39 is 4.92 Å². The standard InChI is InChI=1S/C13H11ClN4O3S/c1-15-13(22)17-16-7-9-3-5-12(21-9)10-4-2-8(18(19)20)6-11(10)14/h2-7H,1H3,(H2,15,17,22)/b16-7-. The molecule has 2 N–H and O–H groups in total. The molecular formula is C13H11ClN4O3S. The number of hydrogen-bond donors (Lipinski definition) is 2. The van der Waals surface area contributed by atoms with Crippen molar-refractivity contribution in [2.24, 2.45) is 5.10 Å². The fourth-order valence-electron chi connectivity index (χ4n) is 1.59. The number of non-ortho nitro benzene ring substituents is 1. The lowest BCUT2D eigenvalue weighted by Crippen LogP contribution is -2.28. The number of nitro groups is 1. The number of nitro benzene ring substituents is 1. The second-order valence-corrected chi connectivity index (χ2v) is 4.89. The van der Waals surface area contributed by atoms with Crippen molar-refractivity contribution in [1.82, 2.24) is 10.7 Å². The van der Waals surface area contributed by atoms with Crippen molar-refractivity contribution in [2.45, 2.75) is 0 Å². The predicted molar refractivity (Wildman–Crippen MR) is 88.2 cm³/mol. The topological polar surface area (TPSA) is 92.7 Å². The van der Waals surface area contributed by atoms with E-state index in [1.807, 2.05) is 0 Å². The molecule has 1 aromatic heterocycles. The Bertz CT molecular complexity index is 745. The zero-order chi connectivity index (χ0) is 16.1. The van der Waals surface area contributed by atoms with E-state index in [2.05, 4.69) is 15.8 Å². The molecule has 0 amide bonds. The van der Waals surface area contributed by atoms with Crippen LogP contribution in [0.4, 0.5) is 5.69 Å². The number of furan rings is 1. The van der Waals surface area contributed by atoms with Crippen LogP contribution >= 0.6 is 23.8 Å². The molecule has 2 rings (SSSR count). The molecule has 2 aromatic rings. The van der Waals surface area contributed by atoms with Crippen LogP contribution in [-0.2, 0) is 0 Å². The second kappa shape index (κ2) is 7.01. The Morgan fingerprint density at radius 3 is 2.86 bits per heavy atom. The van der Waals surface area contributed by atoms with Gasteiger partial charge in [0.25, 0.3) is 5.69 Å². The molecular weight excluding hydrogens is 328 g/mol. The highest BCUT2D eigenvalue weighted by atomic mass is 35.5. The van der Waals surface area contributed by atoms with Gasteiger partial charge in [0.2, 0.25) is 0 Å². The van der Waals surface area contributed by atoms with E-state index in [-0.39, 0.29) is 10.7 Å². The number of hydrazone groups is 1. The van der Waals surface area contributed by atoms with Gasteiger partial charge in [0.05, 0.1) is 16.2 Å². The smallest absolute Gasteiger partial charge is 0.270 e. The van der Waals surface area contributed by atoms with Gasteiger partial charge in [-0.15, -0.1) is 0 Å². The summed E-state index contributed by atoms with van der Waals surface area (Å²) in [6, 6.07) is 7.57. The molecule has 7 nitrogen and oxygen atoms in total. The van der Waals surface area contributed by atoms with Gasteiger partial charge in [0.1, 0.15) is 11.5 Å². The first-order valence-electron chi connectivity index (χ1n) is 6.06. The normalized spacial score (nSPS) is 10.6. The third-order valence-corrected chi connectivity index (χ3v) is 3.25. The summed E-state index contributed by atoms with van der Waals surface area (Å²) in [5.74, 6) is 0.966. The summed E-state index contributed by atoms with van der Waals surface area (Å²) < 4.78 is 5.56. The molecule has 0 unspecified atom stereocenters. The molecule has 0 radical (unpaired) electrons. The van der Waals surface area contributed by atoms with Crippen LogP contribution in [0.15, 0.2) is 39.9 Å². The molecule has 0 aliphatic carbocycles. The van der Waals surface area contributed by atoms with E-state index in [1.165, 1.54) is 24.4 Å². The summed E-state index contributed by atoms with van der Waals surface area (Å²) in [7, 11) is 1.67. The maximum atomic E-state index is 10.7. The Kier molecular flexibility index (Phi) is 5.08. The number of halogens is 1. The number of nitrogens with one attached hydrogen (secondary N) is 2. The minimum atomic E-state index is -0.508. The third-order valence-electron chi connectivity index (χ3n) is 2.64. The summed E-state index contributed by atoms with van der Waals surface area (Å²) >= 11 is 10.9. The largest absolute Gasteiger partial charge is 0.455 e. The first-order valence-corrected chi connectivity index (χ1v) is 6.85. The average molecular weight is 339 g/mol. The fraction of sp³-hybridized carbons (Fsp3) is 0.0769. The van der Waals surface area contributed by atoms with Gasteiger partial charge in [-0.1, -0.05) is 11.6 Å². The van der Waals surface area contributed by atoms with Gasteiger partial charge >= 0.3 is 0 Å². The number of rotatable bonds is 4. The molecule has 0 spiro atoms. The molecule has 22 heavy (non-hydrogen) atoms. The van der Waals surface area contributed by atoms with Crippen LogP contribution in [-0.4, -0.2) is 23.3 Å². The molecule has 0 aliphatic rings. The minimum absolute atomic E-state index is 0.0770. The van der Waals surface area contributed by atoms with Crippen LogP contribution in [0, 0.1) is 10.1 Å². The zero-order valence-electron chi connectivity index (χ0n) is 11.4. The fourth-order valence-corrected chi connectivity index (χ4v) is 1.92. The lowest BCUT2D eigenvalue weighted by Gasteiger charge is -2.00. The molecule has 0 aliphatic heterocycles. The molecule has 0 fully saturated rings. The van der Waals surface area contributed by atoms with Gasteiger partial charge in [-0.3, -0.25) is 15.5 Å². The van der Waals surface area contributed by atoms with Crippen LogP contribution in [0.2, 0.25) is 5.02 Å². The van der Waals surface area contributed by atoms with E-state index in [9.17, 15) is 10.1 Å². The van der Waals surface area contributed by atoms with Crippen molar-refractivity contribution in [3.05, 3.63) is 51.2 Å². The van der Waals surface area contributed by atoms with Crippen LogP contribution < -0.4 is 10.7 Å². The van der Waals surface area contributed by atoms with E-state index in [4.69, 9.17) is 28.2 Å².